The number of halogens is 1. The van der Waals surface area contributed by atoms with E-state index in [9.17, 15) is 4.79 Å². The number of methoxy groups -OCH3 is 1. The van der Waals surface area contributed by atoms with Gasteiger partial charge in [0.2, 0.25) is 5.91 Å². The van der Waals surface area contributed by atoms with Crippen molar-refractivity contribution >= 4 is 41.5 Å². The highest BCUT2D eigenvalue weighted by molar-refractivity contribution is 14.0. The number of aliphatic imine (C=N–C) groups is 1. The number of benzene rings is 1. The molecule has 0 saturated carbocycles. The predicted molar refractivity (Wildman–Crippen MR) is 124 cm³/mol. The summed E-state index contributed by atoms with van der Waals surface area (Å²) in [4.78, 5) is 18.1. The minimum Gasteiger partial charge on any atom is -0.382 e. The molecule has 0 aromatic heterocycles. The molecule has 1 aliphatic heterocycles. The smallest absolute Gasteiger partial charge is 0.226 e. The van der Waals surface area contributed by atoms with E-state index in [0.29, 0.717) is 32.8 Å². The quantitative estimate of drug-likeness (QED) is 0.222. The molecule has 2 rings (SSSR count). The summed E-state index contributed by atoms with van der Waals surface area (Å²) in [5.41, 5.74) is 2.13. The second-order valence-corrected chi connectivity index (χ2v) is 6.48. The summed E-state index contributed by atoms with van der Waals surface area (Å²) in [6.07, 6.45) is 3.64. The largest absolute Gasteiger partial charge is 0.382 e. The molecule has 7 nitrogen and oxygen atoms in total. The molecule has 158 valence electrons. The molecule has 1 saturated heterocycles. The summed E-state index contributed by atoms with van der Waals surface area (Å²) in [5.74, 6) is 0.991. The Bertz CT molecular complexity index is 596. The fraction of sp³-hybridized carbons (Fsp3) is 0.600. The van der Waals surface area contributed by atoms with Crippen molar-refractivity contribution in [3.05, 3.63) is 29.8 Å². The number of amides is 1. The molecule has 1 fully saturated rings. The molecule has 0 spiro atoms. The van der Waals surface area contributed by atoms with E-state index >= 15 is 0 Å². The molecular weight excluding hydrogens is 471 g/mol. The van der Waals surface area contributed by atoms with E-state index in [1.54, 1.807) is 14.2 Å². The molecule has 2 N–H and O–H groups in total. The predicted octanol–water partition coefficient (Wildman–Crippen LogP) is 2.54. The maximum Gasteiger partial charge on any atom is 0.226 e. The van der Waals surface area contributed by atoms with Gasteiger partial charge in [0.15, 0.2) is 5.96 Å². The molecule has 0 atom stereocenters. The highest BCUT2D eigenvalue weighted by Gasteiger charge is 2.19. The van der Waals surface area contributed by atoms with E-state index in [1.807, 2.05) is 17.0 Å². The van der Waals surface area contributed by atoms with Crippen LogP contribution in [0.5, 0.6) is 0 Å². The molecule has 1 aromatic rings. The van der Waals surface area contributed by atoms with Gasteiger partial charge < -0.3 is 25.0 Å². The Morgan fingerprint density at radius 1 is 1.14 bits per heavy atom. The molecule has 1 heterocycles. The Labute approximate surface area is 185 Å². The Kier molecular flexibility index (Phi) is 12.8. The lowest BCUT2D eigenvalue weighted by molar-refractivity contribution is -0.119. The van der Waals surface area contributed by atoms with Crippen molar-refractivity contribution in [2.75, 3.05) is 52.0 Å². The van der Waals surface area contributed by atoms with Crippen LogP contribution in [-0.2, 0) is 20.8 Å². The minimum absolute atomic E-state index is 0. The Hall–Kier alpha value is -1.39. The first-order valence-corrected chi connectivity index (χ1v) is 9.65. The fourth-order valence-electron chi connectivity index (χ4n) is 2.90. The van der Waals surface area contributed by atoms with Crippen LogP contribution in [0.4, 0.5) is 5.69 Å². The molecule has 0 aliphatic carbocycles. The summed E-state index contributed by atoms with van der Waals surface area (Å²) in [7, 11) is 3.43. The van der Waals surface area contributed by atoms with Crippen LogP contribution in [0.3, 0.4) is 0 Å². The molecule has 0 unspecified atom stereocenters. The molecule has 1 amide bonds. The molecular formula is C20H33IN4O3. The summed E-state index contributed by atoms with van der Waals surface area (Å²) in [6, 6.07) is 8.16. The van der Waals surface area contributed by atoms with Gasteiger partial charge in [-0.1, -0.05) is 12.1 Å². The lowest BCUT2D eigenvalue weighted by Gasteiger charge is -2.26. The van der Waals surface area contributed by atoms with Crippen LogP contribution in [0.2, 0.25) is 0 Å². The summed E-state index contributed by atoms with van der Waals surface area (Å²) >= 11 is 0. The molecule has 0 bridgehead atoms. The average Bonchev–Trinajstić information content (AvgIpc) is 2.70. The van der Waals surface area contributed by atoms with E-state index in [0.717, 1.165) is 49.6 Å². The van der Waals surface area contributed by atoms with Crippen LogP contribution in [0.25, 0.3) is 0 Å². The van der Waals surface area contributed by atoms with Gasteiger partial charge in [0, 0.05) is 52.5 Å². The van der Waals surface area contributed by atoms with Crippen molar-refractivity contribution in [1.29, 1.82) is 0 Å². The number of hydrogen-bond acceptors (Lipinski definition) is 4. The zero-order valence-corrected chi connectivity index (χ0v) is 19.2. The van der Waals surface area contributed by atoms with Gasteiger partial charge in [-0.15, -0.1) is 24.0 Å². The normalized spacial score (nSPS) is 14.6. The lowest BCUT2D eigenvalue weighted by atomic mass is 10.1. The zero-order chi connectivity index (χ0) is 19.3. The van der Waals surface area contributed by atoms with Crippen LogP contribution in [0.1, 0.15) is 31.2 Å². The number of nitrogens with zero attached hydrogens (tertiary/aromatic N) is 2. The number of guanidine groups is 1. The van der Waals surface area contributed by atoms with Crippen molar-refractivity contribution in [1.82, 2.24) is 10.6 Å². The van der Waals surface area contributed by atoms with Crippen molar-refractivity contribution in [2.24, 2.45) is 4.99 Å². The second kappa shape index (κ2) is 14.6. The SMILES string of the molecule is CN=C(NCCCOCCOC)NCc1ccc(N2CCCCC2=O)cc1.I. The Morgan fingerprint density at radius 3 is 2.61 bits per heavy atom. The van der Waals surface area contributed by atoms with Gasteiger partial charge in [-0.2, -0.15) is 0 Å². The topological polar surface area (TPSA) is 75.2 Å². The van der Waals surface area contributed by atoms with Crippen molar-refractivity contribution in [3.8, 4) is 0 Å². The van der Waals surface area contributed by atoms with Crippen molar-refractivity contribution in [2.45, 2.75) is 32.2 Å². The van der Waals surface area contributed by atoms with Crippen molar-refractivity contribution < 1.29 is 14.3 Å². The number of ether oxygens (including phenoxy) is 2. The zero-order valence-electron chi connectivity index (χ0n) is 16.9. The lowest BCUT2D eigenvalue weighted by Crippen LogP contribution is -2.37. The van der Waals surface area contributed by atoms with Crippen LogP contribution < -0.4 is 15.5 Å². The Morgan fingerprint density at radius 2 is 1.93 bits per heavy atom. The highest BCUT2D eigenvalue weighted by Crippen LogP contribution is 2.21. The van der Waals surface area contributed by atoms with E-state index in [4.69, 9.17) is 9.47 Å². The Balaban J connectivity index is 0.00000392. The highest BCUT2D eigenvalue weighted by atomic mass is 127. The van der Waals surface area contributed by atoms with Gasteiger partial charge in [0.25, 0.3) is 0 Å². The number of hydrogen-bond donors (Lipinski definition) is 2. The fourth-order valence-corrected chi connectivity index (χ4v) is 2.90. The minimum atomic E-state index is 0. The molecule has 8 heteroatoms. The van der Waals surface area contributed by atoms with Gasteiger partial charge in [-0.25, -0.2) is 0 Å². The van der Waals surface area contributed by atoms with Gasteiger partial charge >= 0.3 is 0 Å². The number of piperidine rings is 1. The van der Waals surface area contributed by atoms with Gasteiger partial charge in [-0.3, -0.25) is 9.79 Å². The molecule has 28 heavy (non-hydrogen) atoms. The summed E-state index contributed by atoms with van der Waals surface area (Å²) in [5, 5.41) is 6.58. The maximum atomic E-state index is 12.0. The van der Waals surface area contributed by atoms with Gasteiger partial charge in [0.05, 0.1) is 13.2 Å². The third-order valence-electron chi connectivity index (χ3n) is 4.44. The molecule has 1 aromatic carbocycles. The number of carbonyl (C=O) groups is 1. The summed E-state index contributed by atoms with van der Waals surface area (Å²) in [6.45, 7) is 4.25. The standard InChI is InChI=1S/C20H32N4O3.HI/c1-21-20(22-11-5-13-27-15-14-26-2)23-16-17-7-9-18(10-8-17)24-12-4-3-6-19(24)25;/h7-10H,3-6,11-16H2,1-2H3,(H2,21,22,23);1H. The van der Waals surface area contributed by atoms with Crippen molar-refractivity contribution in [3.63, 3.8) is 0 Å². The number of rotatable bonds is 10. The second-order valence-electron chi connectivity index (χ2n) is 6.48. The van der Waals surface area contributed by atoms with Gasteiger partial charge in [0.1, 0.15) is 0 Å². The van der Waals surface area contributed by atoms with Crippen LogP contribution >= 0.6 is 24.0 Å². The van der Waals surface area contributed by atoms with Crippen LogP contribution in [-0.4, -0.2) is 58.9 Å². The monoisotopic (exact) mass is 504 g/mol. The third-order valence-corrected chi connectivity index (χ3v) is 4.44. The van der Waals surface area contributed by atoms with Crippen LogP contribution in [0.15, 0.2) is 29.3 Å². The molecule has 1 aliphatic rings. The number of anilines is 1. The maximum absolute atomic E-state index is 12.0. The van der Waals surface area contributed by atoms with Gasteiger partial charge in [-0.05, 0) is 37.0 Å². The first kappa shape index (κ1) is 24.6. The van der Waals surface area contributed by atoms with E-state index in [-0.39, 0.29) is 29.9 Å². The summed E-state index contributed by atoms with van der Waals surface area (Å²) < 4.78 is 10.4. The number of carbonyl (C=O) groups excluding carboxylic acids is 1. The first-order valence-electron chi connectivity index (χ1n) is 9.65. The van der Waals surface area contributed by atoms with E-state index in [2.05, 4.69) is 27.8 Å². The van der Waals surface area contributed by atoms with Crippen LogP contribution in [0, 0.1) is 0 Å². The number of nitrogens with one attached hydrogen (secondary N) is 2. The average molecular weight is 504 g/mol. The molecule has 0 radical (unpaired) electrons. The first-order chi connectivity index (χ1) is 13.2. The third kappa shape index (κ3) is 8.74. The van der Waals surface area contributed by atoms with E-state index in [1.165, 1.54) is 0 Å². The van der Waals surface area contributed by atoms with E-state index < -0.39 is 0 Å².